The topological polar surface area (TPSA) is 85.3 Å². The van der Waals surface area contributed by atoms with Crippen LogP contribution in [0.15, 0.2) is 30.6 Å². The first-order valence-electron chi connectivity index (χ1n) is 5.23. The van der Waals surface area contributed by atoms with Gasteiger partial charge >= 0.3 is 5.97 Å². The lowest BCUT2D eigenvalue weighted by Gasteiger charge is -1.91. The van der Waals surface area contributed by atoms with E-state index in [0.717, 1.165) is 0 Å². The summed E-state index contributed by atoms with van der Waals surface area (Å²) in [6.45, 7) is 0. The molecule has 0 aliphatic carbocycles. The Hall–Kier alpha value is -2.70. The molecule has 0 fully saturated rings. The van der Waals surface area contributed by atoms with E-state index in [1.165, 1.54) is 10.7 Å². The Labute approximate surface area is 101 Å². The maximum absolute atomic E-state index is 10.9. The Morgan fingerprint density at radius 3 is 2.72 bits per heavy atom. The Morgan fingerprint density at radius 2 is 2.06 bits per heavy atom. The molecule has 7 nitrogen and oxygen atoms in total. The summed E-state index contributed by atoms with van der Waals surface area (Å²) in [4.78, 5) is 15.1. The number of carbonyl (C=O) groups is 1. The van der Waals surface area contributed by atoms with Gasteiger partial charge in [0.05, 0.1) is 0 Å². The zero-order chi connectivity index (χ0) is 12.7. The number of aromatic nitrogens is 5. The van der Waals surface area contributed by atoms with E-state index in [1.807, 2.05) is 0 Å². The van der Waals surface area contributed by atoms with Crippen molar-refractivity contribution in [1.82, 2.24) is 24.4 Å². The number of nitrogens with zero attached hydrogens (tertiary/aromatic N) is 5. The first-order chi connectivity index (χ1) is 8.65. The van der Waals surface area contributed by atoms with Crippen LogP contribution in [0.5, 0.6) is 0 Å². The molecule has 3 aromatic rings. The van der Waals surface area contributed by atoms with Crippen LogP contribution in [0.25, 0.3) is 17.0 Å². The van der Waals surface area contributed by atoms with E-state index in [1.54, 1.807) is 36.1 Å². The number of hydrogen-bond acceptors (Lipinski definition) is 4. The van der Waals surface area contributed by atoms with Crippen LogP contribution >= 0.6 is 0 Å². The van der Waals surface area contributed by atoms with Crippen molar-refractivity contribution in [2.75, 3.05) is 0 Å². The third-order valence-electron chi connectivity index (χ3n) is 2.60. The molecule has 3 rings (SSSR count). The fourth-order valence-electron chi connectivity index (χ4n) is 1.75. The smallest absolute Gasteiger partial charge is 0.354 e. The lowest BCUT2D eigenvalue weighted by molar-refractivity contribution is 0.0685. The standard InChI is InChI=1S/C11H9N5O2/c1-15-9(11(17)18)5-7(13-15)8-6-10-12-3-2-4-16(10)14-8/h2-6H,1H3,(H,17,18). The predicted molar refractivity (Wildman–Crippen MR) is 62.1 cm³/mol. The molecule has 0 bridgehead atoms. The molecular formula is C11H9N5O2. The van der Waals surface area contributed by atoms with E-state index < -0.39 is 5.97 Å². The van der Waals surface area contributed by atoms with Crippen molar-refractivity contribution in [3.05, 3.63) is 36.3 Å². The summed E-state index contributed by atoms with van der Waals surface area (Å²) in [7, 11) is 1.58. The van der Waals surface area contributed by atoms with Crippen LogP contribution in [0.2, 0.25) is 0 Å². The van der Waals surface area contributed by atoms with Gasteiger partial charge in [-0.2, -0.15) is 10.2 Å². The molecule has 0 unspecified atom stereocenters. The number of hydrogen-bond donors (Lipinski definition) is 1. The minimum atomic E-state index is -1.02. The van der Waals surface area contributed by atoms with Crippen molar-refractivity contribution in [3.8, 4) is 11.4 Å². The van der Waals surface area contributed by atoms with Crippen molar-refractivity contribution in [2.45, 2.75) is 0 Å². The molecule has 0 saturated heterocycles. The molecule has 18 heavy (non-hydrogen) atoms. The van der Waals surface area contributed by atoms with Crippen LogP contribution in [0, 0.1) is 0 Å². The lowest BCUT2D eigenvalue weighted by atomic mass is 10.3. The normalized spacial score (nSPS) is 10.9. The summed E-state index contributed by atoms with van der Waals surface area (Å²) in [5.41, 5.74) is 1.92. The molecule has 0 atom stereocenters. The second-order valence-electron chi connectivity index (χ2n) is 3.80. The van der Waals surface area contributed by atoms with Crippen molar-refractivity contribution in [3.63, 3.8) is 0 Å². The zero-order valence-electron chi connectivity index (χ0n) is 9.48. The molecule has 0 saturated carbocycles. The fourth-order valence-corrected chi connectivity index (χ4v) is 1.75. The third kappa shape index (κ3) is 1.53. The highest BCUT2D eigenvalue weighted by molar-refractivity contribution is 5.87. The Kier molecular flexibility index (Phi) is 2.12. The quantitative estimate of drug-likeness (QED) is 0.720. The molecule has 3 heterocycles. The van der Waals surface area contributed by atoms with Gasteiger partial charge in [-0.05, 0) is 6.07 Å². The Bertz CT molecular complexity index is 710. The summed E-state index contributed by atoms with van der Waals surface area (Å²) >= 11 is 0. The van der Waals surface area contributed by atoms with Crippen LogP contribution in [-0.2, 0) is 7.05 Å². The summed E-state index contributed by atoms with van der Waals surface area (Å²) in [6, 6.07) is 5.02. The van der Waals surface area contributed by atoms with E-state index in [4.69, 9.17) is 5.11 Å². The number of aromatic carboxylic acids is 1. The van der Waals surface area contributed by atoms with Gasteiger partial charge in [-0.3, -0.25) is 4.68 Å². The second-order valence-corrected chi connectivity index (χ2v) is 3.80. The van der Waals surface area contributed by atoms with E-state index >= 15 is 0 Å². The van der Waals surface area contributed by atoms with Gasteiger partial charge in [0.25, 0.3) is 0 Å². The molecule has 90 valence electrons. The monoisotopic (exact) mass is 243 g/mol. The summed E-state index contributed by atoms with van der Waals surface area (Å²) in [5, 5.41) is 17.4. The predicted octanol–water partition coefficient (Wildman–Crippen LogP) is 0.828. The van der Waals surface area contributed by atoms with Crippen molar-refractivity contribution in [1.29, 1.82) is 0 Å². The van der Waals surface area contributed by atoms with Crippen LogP contribution in [-0.4, -0.2) is 35.5 Å². The van der Waals surface area contributed by atoms with Crippen LogP contribution in [0.3, 0.4) is 0 Å². The van der Waals surface area contributed by atoms with Gasteiger partial charge in [0, 0.05) is 31.6 Å². The van der Waals surface area contributed by atoms with E-state index in [0.29, 0.717) is 17.0 Å². The third-order valence-corrected chi connectivity index (χ3v) is 2.60. The molecule has 0 amide bonds. The van der Waals surface area contributed by atoms with Gasteiger partial charge in [-0.25, -0.2) is 14.3 Å². The molecule has 7 heteroatoms. The lowest BCUT2D eigenvalue weighted by Crippen LogP contribution is -2.04. The fraction of sp³-hybridized carbons (Fsp3) is 0.0909. The zero-order valence-corrected chi connectivity index (χ0v) is 9.48. The van der Waals surface area contributed by atoms with Crippen molar-refractivity contribution < 1.29 is 9.90 Å². The number of carboxylic acid groups (broad SMARTS) is 1. The summed E-state index contributed by atoms with van der Waals surface area (Å²) in [5.74, 6) is -1.02. The number of carboxylic acids is 1. The van der Waals surface area contributed by atoms with E-state index in [9.17, 15) is 4.79 Å². The molecule has 0 aliphatic heterocycles. The highest BCUT2D eigenvalue weighted by Gasteiger charge is 2.15. The molecule has 1 N–H and O–H groups in total. The van der Waals surface area contributed by atoms with Gasteiger partial charge < -0.3 is 5.11 Å². The largest absolute Gasteiger partial charge is 0.477 e. The first-order valence-corrected chi connectivity index (χ1v) is 5.23. The van der Waals surface area contributed by atoms with Gasteiger partial charge in [-0.1, -0.05) is 0 Å². The molecule has 0 radical (unpaired) electrons. The van der Waals surface area contributed by atoms with Gasteiger partial charge in [0.1, 0.15) is 17.1 Å². The highest BCUT2D eigenvalue weighted by atomic mass is 16.4. The minimum absolute atomic E-state index is 0.120. The SMILES string of the molecule is Cn1nc(-c2cc3ncccn3n2)cc1C(=O)O. The summed E-state index contributed by atoms with van der Waals surface area (Å²) in [6.07, 6.45) is 3.44. The van der Waals surface area contributed by atoms with E-state index in [-0.39, 0.29) is 5.69 Å². The number of fused-ring (bicyclic) bond motifs is 1. The van der Waals surface area contributed by atoms with Crippen molar-refractivity contribution >= 4 is 11.6 Å². The summed E-state index contributed by atoms with van der Waals surface area (Å²) < 4.78 is 2.93. The molecule has 3 aromatic heterocycles. The number of rotatable bonds is 2. The highest BCUT2D eigenvalue weighted by Crippen LogP contribution is 2.18. The van der Waals surface area contributed by atoms with Crippen molar-refractivity contribution in [2.24, 2.45) is 7.05 Å². The molecule has 0 aliphatic rings. The maximum atomic E-state index is 10.9. The minimum Gasteiger partial charge on any atom is -0.477 e. The molecular weight excluding hydrogens is 234 g/mol. The molecule has 0 aromatic carbocycles. The van der Waals surface area contributed by atoms with Crippen LogP contribution < -0.4 is 0 Å². The van der Waals surface area contributed by atoms with Gasteiger partial charge in [-0.15, -0.1) is 0 Å². The Morgan fingerprint density at radius 1 is 1.28 bits per heavy atom. The second kappa shape index (κ2) is 3.66. The van der Waals surface area contributed by atoms with Crippen LogP contribution in [0.4, 0.5) is 0 Å². The average molecular weight is 243 g/mol. The average Bonchev–Trinajstić information content (AvgIpc) is 2.91. The maximum Gasteiger partial charge on any atom is 0.354 e. The van der Waals surface area contributed by atoms with Gasteiger partial charge in [0.15, 0.2) is 5.65 Å². The number of aryl methyl sites for hydroxylation is 1. The molecule has 0 spiro atoms. The van der Waals surface area contributed by atoms with Crippen LogP contribution in [0.1, 0.15) is 10.5 Å². The Balaban J connectivity index is 2.14. The first kappa shape index (κ1) is 10.5. The van der Waals surface area contributed by atoms with Gasteiger partial charge in [0.2, 0.25) is 0 Å². The van der Waals surface area contributed by atoms with E-state index in [2.05, 4.69) is 15.2 Å².